The molecule has 1 aliphatic rings. The fourth-order valence-electron chi connectivity index (χ4n) is 5.33. The van der Waals surface area contributed by atoms with Gasteiger partial charge in [0.05, 0.1) is 13.7 Å². The zero-order valence-corrected chi connectivity index (χ0v) is 23.9. The predicted octanol–water partition coefficient (Wildman–Crippen LogP) is 9.13. The van der Waals surface area contributed by atoms with Crippen LogP contribution in [0.1, 0.15) is 102 Å². The summed E-state index contributed by atoms with van der Waals surface area (Å²) < 4.78 is 11.1. The van der Waals surface area contributed by atoms with E-state index in [9.17, 15) is 4.79 Å². The highest BCUT2D eigenvalue weighted by atomic mass is 16.6. The molecule has 0 spiro atoms. The van der Waals surface area contributed by atoms with Crippen molar-refractivity contribution in [1.82, 2.24) is 9.88 Å². The second-order valence-electron chi connectivity index (χ2n) is 10.6. The van der Waals surface area contributed by atoms with Gasteiger partial charge in [0.25, 0.3) is 0 Å². The predicted molar refractivity (Wildman–Crippen MR) is 159 cm³/mol. The zero-order valence-electron chi connectivity index (χ0n) is 23.9. The number of allylic oxidation sites excluding steroid dienone is 4. The SMILES string of the molecule is CCCCC/C=C\C/C=C\CCCCCCCCOC(=O)N1CCC[C@H]1Cc1c[nH]c2ccc(OC)cc12. The number of hydrogen-bond donors (Lipinski definition) is 1. The second-order valence-corrected chi connectivity index (χ2v) is 10.6. The molecule has 1 amide bonds. The lowest BCUT2D eigenvalue weighted by molar-refractivity contribution is 0.0964. The Kier molecular flexibility index (Phi) is 13.9. The third-order valence-corrected chi connectivity index (χ3v) is 7.61. The first-order valence-corrected chi connectivity index (χ1v) is 15.1. The highest BCUT2D eigenvalue weighted by molar-refractivity contribution is 5.84. The number of H-pyrrole nitrogens is 1. The largest absolute Gasteiger partial charge is 0.497 e. The van der Waals surface area contributed by atoms with Gasteiger partial charge >= 0.3 is 6.09 Å². The van der Waals surface area contributed by atoms with E-state index in [-0.39, 0.29) is 12.1 Å². The average molecular weight is 523 g/mol. The summed E-state index contributed by atoms with van der Waals surface area (Å²) in [6.07, 6.45) is 28.6. The molecular formula is C33H50N2O3. The van der Waals surface area contributed by atoms with Crippen LogP contribution in [0, 0.1) is 0 Å². The fourth-order valence-corrected chi connectivity index (χ4v) is 5.33. The van der Waals surface area contributed by atoms with Crippen LogP contribution in [0.5, 0.6) is 5.75 Å². The quantitative estimate of drug-likeness (QED) is 0.157. The van der Waals surface area contributed by atoms with Gasteiger partial charge < -0.3 is 19.4 Å². The molecule has 1 saturated heterocycles. The monoisotopic (exact) mass is 522 g/mol. The standard InChI is InChI=1S/C33H50N2O3/c1-3-4-5-6-7-8-9-10-11-12-13-14-15-16-17-18-24-38-33(36)35-23-19-20-29(35)25-28-27-34-32-22-21-30(37-2)26-31(28)32/h7-8,10-11,21-22,26-27,29,34H,3-6,9,12-20,23-25H2,1-2H3/b8-7-,11-10-/t29-/m0/s1. The van der Waals surface area contributed by atoms with E-state index < -0.39 is 0 Å². The summed E-state index contributed by atoms with van der Waals surface area (Å²) in [7, 11) is 1.69. The summed E-state index contributed by atoms with van der Waals surface area (Å²) in [6, 6.07) is 6.29. The first-order chi connectivity index (χ1) is 18.7. The number of unbranched alkanes of at least 4 members (excludes halogenated alkanes) is 9. The molecule has 0 unspecified atom stereocenters. The Balaban J connectivity index is 1.22. The van der Waals surface area contributed by atoms with Gasteiger partial charge in [-0.05, 0) is 81.5 Å². The molecular weight excluding hydrogens is 472 g/mol. The molecule has 1 fully saturated rings. The van der Waals surface area contributed by atoms with Crippen molar-refractivity contribution < 1.29 is 14.3 Å². The number of hydrogen-bond acceptors (Lipinski definition) is 3. The molecule has 1 aromatic heterocycles. The van der Waals surface area contributed by atoms with Crippen LogP contribution < -0.4 is 4.74 Å². The first kappa shape index (κ1) is 29.9. The highest BCUT2D eigenvalue weighted by Gasteiger charge is 2.30. The van der Waals surface area contributed by atoms with Crippen LogP contribution in [-0.2, 0) is 11.2 Å². The van der Waals surface area contributed by atoms with Gasteiger partial charge in [-0.25, -0.2) is 4.79 Å². The lowest BCUT2D eigenvalue weighted by Crippen LogP contribution is -2.37. The summed E-state index contributed by atoms with van der Waals surface area (Å²) >= 11 is 0. The van der Waals surface area contributed by atoms with E-state index in [1.54, 1.807) is 7.11 Å². The Bertz CT molecular complexity index is 993. The number of rotatable bonds is 18. The molecule has 2 heterocycles. The summed E-state index contributed by atoms with van der Waals surface area (Å²) in [6.45, 7) is 3.57. The van der Waals surface area contributed by atoms with Crippen molar-refractivity contribution in [2.45, 2.75) is 109 Å². The third kappa shape index (κ3) is 10.2. The maximum absolute atomic E-state index is 12.8. The van der Waals surface area contributed by atoms with Crippen LogP contribution in [0.15, 0.2) is 48.7 Å². The van der Waals surface area contributed by atoms with Crippen LogP contribution in [-0.4, -0.2) is 42.3 Å². The van der Waals surface area contributed by atoms with E-state index in [1.807, 2.05) is 17.0 Å². The van der Waals surface area contributed by atoms with Gasteiger partial charge in [0, 0.05) is 29.7 Å². The van der Waals surface area contributed by atoms with Gasteiger partial charge in [-0.3, -0.25) is 0 Å². The number of likely N-dealkylation sites (tertiary alicyclic amines) is 1. The van der Waals surface area contributed by atoms with Gasteiger partial charge in [-0.2, -0.15) is 0 Å². The highest BCUT2D eigenvalue weighted by Crippen LogP contribution is 2.28. The smallest absolute Gasteiger partial charge is 0.410 e. The number of benzene rings is 1. The number of carbonyl (C=O) groups excluding carboxylic acids is 1. The van der Waals surface area contributed by atoms with Crippen molar-refractivity contribution in [2.24, 2.45) is 0 Å². The molecule has 5 nitrogen and oxygen atoms in total. The van der Waals surface area contributed by atoms with E-state index in [0.29, 0.717) is 6.61 Å². The number of amides is 1. The molecule has 210 valence electrons. The molecule has 1 atom stereocenters. The zero-order chi connectivity index (χ0) is 26.8. The Morgan fingerprint density at radius 1 is 1.00 bits per heavy atom. The van der Waals surface area contributed by atoms with Crippen LogP contribution in [0.25, 0.3) is 10.9 Å². The van der Waals surface area contributed by atoms with Crippen molar-refractivity contribution in [3.8, 4) is 5.75 Å². The van der Waals surface area contributed by atoms with Crippen molar-refractivity contribution in [3.63, 3.8) is 0 Å². The minimum absolute atomic E-state index is 0.146. The van der Waals surface area contributed by atoms with E-state index >= 15 is 0 Å². The van der Waals surface area contributed by atoms with Crippen LogP contribution >= 0.6 is 0 Å². The summed E-state index contributed by atoms with van der Waals surface area (Å²) in [4.78, 5) is 18.1. The number of fused-ring (bicyclic) bond motifs is 1. The van der Waals surface area contributed by atoms with Crippen molar-refractivity contribution in [2.75, 3.05) is 20.3 Å². The first-order valence-electron chi connectivity index (χ1n) is 15.1. The molecule has 2 aromatic rings. The number of aromatic nitrogens is 1. The number of ether oxygens (including phenoxy) is 2. The second kappa shape index (κ2) is 17.8. The molecule has 0 radical (unpaired) electrons. The number of carbonyl (C=O) groups is 1. The lowest BCUT2D eigenvalue weighted by atomic mass is 10.0. The van der Waals surface area contributed by atoms with Gasteiger partial charge in [0.15, 0.2) is 0 Å². The van der Waals surface area contributed by atoms with Gasteiger partial charge in [0.2, 0.25) is 0 Å². The molecule has 5 heteroatoms. The average Bonchev–Trinajstić information content (AvgIpc) is 3.57. The Hall–Kier alpha value is -2.69. The summed E-state index contributed by atoms with van der Waals surface area (Å²) in [5.41, 5.74) is 2.33. The minimum Gasteiger partial charge on any atom is -0.497 e. The van der Waals surface area contributed by atoms with Crippen LogP contribution in [0.2, 0.25) is 0 Å². The van der Waals surface area contributed by atoms with Gasteiger partial charge in [-0.1, -0.05) is 69.8 Å². The van der Waals surface area contributed by atoms with Crippen molar-refractivity contribution in [3.05, 3.63) is 54.3 Å². The number of nitrogens with one attached hydrogen (secondary N) is 1. The summed E-state index contributed by atoms with van der Waals surface area (Å²) in [5, 5.41) is 1.17. The maximum Gasteiger partial charge on any atom is 0.410 e. The fraction of sp³-hybridized carbons (Fsp3) is 0.606. The topological polar surface area (TPSA) is 54.6 Å². The third-order valence-electron chi connectivity index (χ3n) is 7.61. The van der Waals surface area contributed by atoms with Crippen LogP contribution in [0.3, 0.4) is 0 Å². The summed E-state index contributed by atoms with van der Waals surface area (Å²) in [5.74, 6) is 0.856. The Morgan fingerprint density at radius 3 is 2.50 bits per heavy atom. The lowest BCUT2D eigenvalue weighted by Gasteiger charge is -2.24. The van der Waals surface area contributed by atoms with E-state index in [2.05, 4.69) is 48.5 Å². The Labute approximate surface area is 230 Å². The van der Waals surface area contributed by atoms with E-state index in [4.69, 9.17) is 9.47 Å². The minimum atomic E-state index is -0.146. The van der Waals surface area contributed by atoms with Crippen molar-refractivity contribution >= 4 is 17.0 Å². The maximum atomic E-state index is 12.8. The van der Waals surface area contributed by atoms with E-state index in [1.165, 1.54) is 68.7 Å². The molecule has 1 N–H and O–H groups in total. The number of methoxy groups -OCH3 is 1. The molecule has 0 bridgehead atoms. The number of nitrogens with zero attached hydrogens (tertiary/aromatic N) is 1. The Morgan fingerprint density at radius 2 is 1.74 bits per heavy atom. The molecule has 0 aliphatic carbocycles. The molecule has 0 saturated carbocycles. The normalized spacial score (nSPS) is 15.8. The van der Waals surface area contributed by atoms with Crippen molar-refractivity contribution in [1.29, 1.82) is 0 Å². The van der Waals surface area contributed by atoms with Gasteiger partial charge in [-0.15, -0.1) is 0 Å². The molecule has 38 heavy (non-hydrogen) atoms. The van der Waals surface area contributed by atoms with E-state index in [0.717, 1.165) is 56.3 Å². The van der Waals surface area contributed by atoms with Crippen LogP contribution in [0.4, 0.5) is 4.79 Å². The molecule has 1 aromatic carbocycles. The molecule has 1 aliphatic heterocycles. The van der Waals surface area contributed by atoms with Gasteiger partial charge in [0.1, 0.15) is 5.75 Å². The molecule has 3 rings (SSSR count). The number of aromatic amines is 1.